The van der Waals surface area contributed by atoms with Crippen molar-refractivity contribution in [2.24, 2.45) is 5.92 Å². The molecule has 0 aliphatic heterocycles. The van der Waals surface area contributed by atoms with Crippen LogP contribution in [-0.4, -0.2) is 5.97 Å². The molecule has 0 atom stereocenters. The van der Waals surface area contributed by atoms with Crippen molar-refractivity contribution < 1.29 is 9.53 Å². The second-order valence-electron chi connectivity index (χ2n) is 8.46. The third-order valence-electron chi connectivity index (χ3n) is 6.39. The SMILES string of the molecule is [C-]#[N+]c1cc2c(C)cccc2c(OC(=O)c2ccc(C3CCC(C)CC3)cc2)c1C#N. The summed E-state index contributed by atoms with van der Waals surface area (Å²) in [6.07, 6.45) is 4.86. The van der Waals surface area contributed by atoms with Gasteiger partial charge in [0.15, 0.2) is 0 Å². The standard InChI is InChI=1S/C27H24N2O2/c1-17-7-9-19(10-8-17)20-11-13-21(14-12-20)27(30)31-26-22-6-4-5-18(2)23(22)15-25(29-3)24(26)16-28/h4-6,11-15,17,19H,7-10H2,1-2H3. The van der Waals surface area contributed by atoms with Crippen molar-refractivity contribution in [1.82, 2.24) is 0 Å². The van der Waals surface area contributed by atoms with Crippen LogP contribution in [0.3, 0.4) is 0 Å². The first-order valence-electron chi connectivity index (χ1n) is 10.7. The Morgan fingerprint density at radius 1 is 1.10 bits per heavy atom. The molecule has 31 heavy (non-hydrogen) atoms. The van der Waals surface area contributed by atoms with E-state index in [1.54, 1.807) is 18.2 Å². The third-order valence-corrected chi connectivity index (χ3v) is 6.39. The Morgan fingerprint density at radius 2 is 1.81 bits per heavy atom. The van der Waals surface area contributed by atoms with Gasteiger partial charge in [0.2, 0.25) is 5.69 Å². The lowest BCUT2D eigenvalue weighted by Crippen LogP contribution is -2.12. The van der Waals surface area contributed by atoms with Gasteiger partial charge in [-0.2, -0.15) is 5.26 Å². The topological polar surface area (TPSA) is 54.5 Å². The van der Waals surface area contributed by atoms with E-state index in [2.05, 4.69) is 11.8 Å². The Bertz CT molecular complexity index is 1220. The molecule has 1 aliphatic rings. The van der Waals surface area contributed by atoms with Crippen molar-refractivity contribution in [3.8, 4) is 11.8 Å². The average Bonchev–Trinajstić information content (AvgIpc) is 2.79. The Kier molecular flexibility index (Phi) is 5.74. The highest BCUT2D eigenvalue weighted by atomic mass is 16.5. The van der Waals surface area contributed by atoms with E-state index in [9.17, 15) is 10.1 Å². The predicted octanol–water partition coefficient (Wildman–Crippen LogP) is 7.08. The number of aryl methyl sites for hydroxylation is 1. The van der Waals surface area contributed by atoms with Crippen LogP contribution in [-0.2, 0) is 0 Å². The largest absolute Gasteiger partial charge is 0.422 e. The Labute approximate surface area is 182 Å². The number of nitrogens with zero attached hydrogens (tertiary/aromatic N) is 2. The Balaban J connectivity index is 1.65. The minimum Gasteiger partial charge on any atom is -0.422 e. The zero-order chi connectivity index (χ0) is 22.0. The predicted molar refractivity (Wildman–Crippen MR) is 121 cm³/mol. The number of benzene rings is 3. The van der Waals surface area contributed by atoms with Gasteiger partial charge in [-0.3, -0.25) is 0 Å². The molecule has 0 unspecified atom stereocenters. The quantitative estimate of drug-likeness (QED) is 0.264. The molecule has 3 aromatic carbocycles. The van der Waals surface area contributed by atoms with E-state index in [0.717, 1.165) is 16.9 Å². The van der Waals surface area contributed by atoms with Crippen molar-refractivity contribution in [1.29, 1.82) is 5.26 Å². The molecule has 0 saturated heterocycles. The van der Waals surface area contributed by atoms with Crippen molar-refractivity contribution >= 4 is 22.4 Å². The van der Waals surface area contributed by atoms with Gasteiger partial charge >= 0.3 is 5.97 Å². The van der Waals surface area contributed by atoms with Crippen LogP contribution in [0.4, 0.5) is 5.69 Å². The van der Waals surface area contributed by atoms with Gasteiger partial charge in [0, 0.05) is 5.39 Å². The van der Waals surface area contributed by atoms with E-state index >= 15 is 0 Å². The molecule has 0 amide bonds. The molecule has 0 bridgehead atoms. The molecule has 1 saturated carbocycles. The molecular weight excluding hydrogens is 384 g/mol. The Morgan fingerprint density at radius 3 is 2.45 bits per heavy atom. The number of fused-ring (bicyclic) bond motifs is 1. The maximum Gasteiger partial charge on any atom is 0.343 e. The van der Waals surface area contributed by atoms with Crippen LogP contribution < -0.4 is 4.74 Å². The molecule has 1 aliphatic carbocycles. The van der Waals surface area contributed by atoms with E-state index in [1.807, 2.05) is 43.3 Å². The number of carbonyl (C=O) groups excluding carboxylic acids is 1. The molecule has 1 fully saturated rings. The van der Waals surface area contributed by atoms with Crippen LogP contribution in [0.2, 0.25) is 0 Å². The molecule has 0 radical (unpaired) electrons. The van der Waals surface area contributed by atoms with Gasteiger partial charge in [-0.15, -0.1) is 0 Å². The fraction of sp³-hybridized carbons (Fsp3) is 0.296. The van der Waals surface area contributed by atoms with Gasteiger partial charge in [0.1, 0.15) is 11.3 Å². The van der Waals surface area contributed by atoms with E-state index in [4.69, 9.17) is 11.3 Å². The first-order valence-corrected chi connectivity index (χ1v) is 10.7. The highest BCUT2D eigenvalue weighted by Crippen LogP contribution is 2.39. The molecule has 0 spiro atoms. The zero-order valence-electron chi connectivity index (χ0n) is 17.8. The van der Waals surface area contributed by atoms with Gasteiger partial charge in [-0.1, -0.05) is 50.1 Å². The second-order valence-corrected chi connectivity index (χ2v) is 8.46. The number of hydrogen-bond donors (Lipinski definition) is 0. The zero-order valence-corrected chi connectivity index (χ0v) is 17.8. The first kappa shape index (κ1) is 20.6. The summed E-state index contributed by atoms with van der Waals surface area (Å²) in [7, 11) is 0. The van der Waals surface area contributed by atoms with E-state index in [1.165, 1.54) is 31.2 Å². The summed E-state index contributed by atoms with van der Waals surface area (Å²) in [4.78, 5) is 16.4. The Hall–Kier alpha value is -3.63. The van der Waals surface area contributed by atoms with Gasteiger partial charge in [-0.05, 0) is 66.3 Å². The molecule has 4 nitrogen and oxygen atoms in total. The summed E-state index contributed by atoms with van der Waals surface area (Å²) in [6.45, 7) is 11.7. The van der Waals surface area contributed by atoms with Crippen LogP contribution in [0, 0.1) is 30.7 Å². The van der Waals surface area contributed by atoms with Gasteiger partial charge in [0.05, 0.1) is 18.2 Å². The third kappa shape index (κ3) is 4.03. The number of nitriles is 1. The molecule has 0 N–H and O–H groups in total. The summed E-state index contributed by atoms with van der Waals surface area (Å²) in [5.41, 5.74) is 2.93. The molecular formula is C27H24N2O2. The molecule has 4 heteroatoms. The van der Waals surface area contributed by atoms with E-state index in [0.29, 0.717) is 16.9 Å². The highest BCUT2D eigenvalue weighted by Gasteiger charge is 2.22. The number of hydrogen-bond acceptors (Lipinski definition) is 3. The number of ether oxygens (including phenoxy) is 1. The van der Waals surface area contributed by atoms with Crippen LogP contribution in [0.5, 0.6) is 5.75 Å². The van der Waals surface area contributed by atoms with Crippen LogP contribution in [0.1, 0.15) is 65.6 Å². The fourth-order valence-corrected chi connectivity index (χ4v) is 4.47. The maximum absolute atomic E-state index is 12.9. The lowest BCUT2D eigenvalue weighted by Gasteiger charge is -2.26. The highest BCUT2D eigenvalue weighted by molar-refractivity contribution is 6.00. The summed E-state index contributed by atoms with van der Waals surface area (Å²) in [5, 5.41) is 11.1. The van der Waals surface area contributed by atoms with E-state index < -0.39 is 5.97 Å². The first-order chi connectivity index (χ1) is 15.0. The lowest BCUT2D eigenvalue weighted by molar-refractivity contribution is 0.0736. The number of carbonyl (C=O) groups is 1. The lowest BCUT2D eigenvalue weighted by atomic mass is 9.79. The summed E-state index contributed by atoms with van der Waals surface area (Å²) >= 11 is 0. The normalized spacial score (nSPS) is 18.2. The summed E-state index contributed by atoms with van der Waals surface area (Å²) < 4.78 is 5.73. The smallest absolute Gasteiger partial charge is 0.343 e. The molecule has 4 rings (SSSR count). The van der Waals surface area contributed by atoms with Crippen LogP contribution in [0.15, 0.2) is 48.5 Å². The second kappa shape index (κ2) is 8.62. The fourth-order valence-electron chi connectivity index (χ4n) is 4.47. The molecule has 3 aromatic rings. The summed E-state index contributed by atoms with van der Waals surface area (Å²) in [6, 6.07) is 17.0. The molecule has 0 heterocycles. The van der Waals surface area contributed by atoms with Crippen LogP contribution in [0.25, 0.3) is 15.6 Å². The van der Waals surface area contributed by atoms with Crippen molar-refractivity contribution in [2.75, 3.05) is 0 Å². The average molecular weight is 409 g/mol. The maximum atomic E-state index is 12.9. The van der Waals surface area contributed by atoms with Crippen molar-refractivity contribution in [2.45, 2.75) is 45.4 Å². The number of esters is 1. The van der Waals surface area contributed by atoms with Gasteiger partial charge in [-0.25, -0.2) is 9.64 Å². The molecule has 0 aromatic heterocycles. The van der Waals surface area contributed by atoms with Crippen molar-refractivity contribution in [3.63, 3.8) is 0 Å². The minimum absolute atomic E-state index is 0.0920. The summed E-state index contributed by atoms with van der Waals surface area (Å²) in [5.74, 6) is 0.980. The molecule has 154 valence electrons. The van der Waals surface area contributed by atoms with Gasteiger partial charge < -0.3 is 4.74 Å². The minimum atomic E-state index is -0.523. The van der Waals surface area contributed by atoms with E-state index in [-0.39, 0.29) is 17.0 Å². The number of rotatable bonds is 3. The van der Waals surface area contributed by atoms with Crippen LogP contribution >= 0.6 is 0 Å². The van der Waals surface area contributed by atoms with Crippen molar-refractivity contribution in [3.05, 3.63) is 82.2 Å². The monoisotopic (exact) mass is 408 g/mol. The van der Waals surface area contributed by atoms with Gasteiger partial charge in [0.25, 0.3) is 0 Å².